The van der Waals surface area contributed by atoms with E-state index in [2.05, 4.69) is 26.0 Å². The average Bonchev–Trinajstić information content (AvgIpc) is 3.63. The normalized spacial score (nSPS) is 13.5. The molecule has 0 aliphatic carbocycles. The van der Waals surface area contributed by atoms with Crippen molar-refractivity contribution in [3.05, 3.63) is 114 Å². The summed E-state index contributed by atoms with van der Waals surface area (Å²) in [7, 11) is 0. The number of benzene rings is 3. The molecule has 10 nitrogen and oxygen atoms in total. The third-order valence-corrected chi connectivity index (χ3v) is 7.89. The van der Waals surface area contributed by atoms with Crippen LogP contribution in [0.1, 0.15) is 50.1 Å². The first-order valence-corrected chi connectivity index (χ1v) is 17.1. The summed E-state index contributed by atoms with van der Waals surface area (Å²) in [6.45, 7) is 13.4. The highest BCUT2D eigenvalue weighted by atomic mass is 16.7. The van der Waals surface area contributed by atoms with Gasteiger partial charge in [0.15, 0.2) is 12.6 Å². The van der Waals surface area contributed by atoms with Gasteiger partial charge in [-0.25, -0.2) is 0 Å². The van der Waals surface area contributed by atoms with Gasteiger partial charge in [0.2, 0.25) is 0 Å². The standard InChI is InChI=1S/C40H52O10/c1-30-8-14-37(15-9-30)49-31(2)45-25-23-42-21-22-43-24-26-46-32(3)50-38-18-12-34(13-19-38)40(4,5)33-10-16-36(17-11-33)48-28-35(41)27-44-29-39-7-6-20-47-39/h6-20,31-32,35,41H,21-29H2,1-5H3. The van der Waals surface area contributed by atoms with Gasteiger partial charge in [-0.2, -0.15) is 0 Å². The topological polar surface area (TPSA) is 107 Å². The van der Waals surface area contributed by atoms with Gasteiger partial charge in [0.1, 0.15) is 42.3 Å². The van der Waals surface area contributed by atoms with E-state index >= 15 is 0 Å². The summed E-state index contributed by atoms with van der Waals surface area (Å²) in [5.74, 6) is 2.90. The molecule has 3 aromatic carbocycles. The van der Waals surface area contributed by atoms with Crippen LogP contribution in [0, 0.1) is 6.92 Å². The highest BCUT2D eigenvalue weighted by molar-refractivity contribution is 5.42. The van der Waals surface area contributed by atoms with Crippen molar-refractivity contribution in [2.24, 2.45) is 0 Å². The molecule has 1 heterocycles. The molecule has 50 heavy (non-hydrogen) atoms. The number of ether oxygens (including phenoxy) is 8. The van der Waals surface area contributed by atoms with E-state index in [0.717, 1.165) is 22.6 Å². The Balaban J connectivity index is 1.04. The molecule has 10 heteroatoms. The van der Waals surface area contributed by atoms with E-state index < -0.39 is 12.4 Å². The van der Waals surface area contributed by atoms with Crippen molar-refractivity contribution in [1.29, 1.82) is 0 Å². The number of hydrogen-bond acceptors (Lipinski definition) is 10. The Morgan fingerprint density at radius 2 is 1.12 bits per heavy atom. The fourth-order valence-electron chi connectivity index (χ4n) is 4.95. The third kappa shape index (κ3) is 13.8. The fraction of sp³-hybridized carbons (Fsp3) is 0.450. The summed E-state index contributed by atoms with van der Waals surface area (Å²) in [6, 6.07) is 27.5. The Hall–Kier alpha value is -3.90. The van der Waals surface area contributed by atoms with Crippen LogP contribution >= 0.6 is 0 Å². The highest BCUT2D eigenvalue weighted by Crippen LogP contribution is 2.33. The lowest BCUT2D eigenvalue weighted by Gasteiger charge is -2.27. The largest absolute Gasteiger partial charge is 0.491 e. The van der Waals surface area contributed by atoms with Crippen molar-refractivity contribution < 1.29 is 47.4 Å². The average molecular weight is 693 g/mol. The molecule has 0 saturated carbocycles. The minimum absolute atomic E-state index is 0.134. The van der Waals surface area contributed by atoms with E-state index in [1.54, 1.807) is 12.3 Å². The van der Waals surface area contributed by atoms with E-state index in [1.807, 2.05) is 87.5 Å². The molecule has 4 aromatic rings. The lowest BCUT2D eigenvalue weighted by atomic mass is 9.78. The molecule has 3 unspecified atom stereocenters. The van der Waals surface area contributed by atoms with Gasteiger partial charge >= 0.3 is 0 Å². The summed E-state index contributed by atoms with van der Waals surface area (Å²) in [4.78, 5) is 0. The zero-order chi connectivity index (χ0) is 35.6. The van der Waals surface area contributed by atoms with E-state index in [-0.39, 0.29) is 24.9 Å². The number of aryl methyl sites for hydroxylation is 1. The Morgan fingerprint density at radius 1 is 0.620 bits per heavy atom. The SMILES string of the molecule is Cc1ccc(OC(C)OCCOCCOCCOC(C)Oc2ccc(C(C)(C)c3ccc(OCC(O)COCc4ccco4)cc3)cc2)cc1. The van der Waals surface area contributed by atoms with Crippen molar-refractivity contribution in [2.45, 2.75) is 65.3 Å². The fourth-order valence-corrected chi connectivity index (χ4v) is 4.95. The summed E-state index contributed by atoms with van der Waals surface area (Å²) in [5, 5.41) is 10.2. The first-order valence-electron chi connectivity index (χ1n) is 17.1. The van der Waals surface area contributed by atoms with Crippen LogP contribution in [0.25, 0.3) is 0 Å². The Labute approximate surface area is 296 Å². The second kappa shape index (κ2) is 20.7. The minimum Gasteiger partial charge on any atom is -0.491 e. The van der Waals surface area contributed by atoms with E-state index in [0.29, 0.717) is 57.8 Å². The molecule has 0 aliphatic heterocycles. The minimum atomic E-state index is -0.744. The molecule has 272 valence electrons. The molecule has 1 aromatic heterocycles. The number of hydrogen-bond donors (Lipinski definition) is 1. The maximum Gasteiger partial charge on any atom is 0.197 e. The summed E-state index contributed by atoms with van der Waals surface area (Å²) >= 11 is 0. The summed E-state index contributed by atoms with van der Waals surface area (Å²) < 4.78 is 50.7. The van der Waals surface area contributed by atoms with Crippen molar-refractivity contribution in [3.8, 4) is 17.2 Å². The van der Waals surface area contributed by atoms with Crippen LogP contribution in [0.2, 0.25) is 0 Å². The number of aliphatic hydroxyl groups is 1. The van der Waals surface area contributed by atoms with Crippen LogP contribution in [0.4, 0.5) is 0 Å². The van der Waals surface area contributed by atoms with Crippen LogP contribution < -0.4 is 14.2 Å². The third-order valence-electron chi connectivity index (χ3n) is 7.89. The zero-order valence-electron chi connectivity index (χ0n) is 29.9. The van der Waals surface area contributed by atoms with Gasteiger partial charge in [-0.1, -0.05) is 55.8 Å². The smallest absolute Gasteiger partial charge is 0.197 e. The Bertz CT molecular complexity index is 1450. The van der Waals surface area contributed by atoms with Crippen molar-refractivity contribution in [1.82, 2.24) is 0 Å². The molecule has 0 radical (unpaired) electrons. The molecule has 0 spiro atoms. The van der Waals surface area contributed by atoms with Gasteiger partial charge in [0.05, 0.1) is 52.5 Å². The summed E-state index contributed by atoms with van der Waals surface area (Å²) in [6.07, 6.45) is 0.0659. The van der Waals surface area contributed by atoms with Gasteiger partial charge in [0, 0.05) is 5.41 Å². The molecule has 0 fully saturated rings. The highest BCUT2D eigenvalue weighted by Gasteiger charge is 2.23. The number of furan rings is 1. The first-order chi connectivity index (χ1) is 24.2. The van der Waals surface area contributed by atoms with Gasteiger partial charge < -0.3 is 47.4 Å². The zero-order valence-corrected chi connectivity index (χ0v) is 29.9. The van der Waals surface area contributed by atoms with Gasteiger partial charge in [-0.3, -0.25) is 0 Å². The molecular formula is C40H52O10. The Morgan fingerprint density at radius 3 is 1.64 bits per heavy atom. The predicted octanol–water partition coefficient (Wildman–Crippen LogP) is 7.09. The Kier molecular flexibility index (Phi) is 16.1. The second-order valence-electron chi connectivity index (χ2n) is 12.4. The molecule has 0 amide bonds. The van der Waals surface area contributed by atoms with Crippen LogP contribution in [0.3, 0.4) is 0 Å². The lowest BCUT2D eigenvalue weighted by Crippen LogP contribution is -2.23. The maximum absolute atomic E-state index is 10.2. The van der Waals surface area contributed by atoms with E-state index in [9.17, 15) is 5.11 Å². The van der Waals surface area contributed by atoms with Crippen LogP contribution in [-0.4, -0.2) is 76.6 Å². The molecule has 0 bridgehead atoms. The molecule has 4 rings (SSSR count). The molecule has 0 aliphatic rings. The molecule has 1 N–H and O–H groups in total. The van der Waals surface area contributed by atoms with Crippen LogP contribution in [0.15, 0.2) is 95.6 Å². The number of aliphatic hydroxyl groups excluding tert-OH is 1. The predicted molar refractivity (Wildman–Crippen MR) is 190 cm³/mol. The number of rotatable bonds is 24. The van der Waals surface area contributed by atoms with E-state index in [1.165, 1.54) is 5.56 Å². The second-order valence-corrected chi connectivity index (χ2v) is 12.4. The molecular weight excluding hydrogens is 640 g/mol. The van der Waals surface area contributed by atoms with Crippen molar-refractivity contribution in [3.63, 3.8) is 0 Å². The lowest BCUT2D eigenvalue weighted by molar-refractivity contribution is -0.0943. The van der Waals surface area contributed by atoms with Crippen LogP contribution in [0.5, 0.6) is 17.2 Å². The van der Waals surface area contributed by atoms with E-state index in [4.69, 9.17) is 42.3 Å². The summed E-state index contributed by atoms with van der Waals surface area (Å²) in [5.41, 5.74) is 3.21. The molecule has 3 atom stereocenters. The van der Waals surface area contributed by atoms with Crippen LogP contribution in [-0.2, 0) is 35.7 Å². The van der Waals surface area contributed by atoms with Crippen molar-refractivity contribution >= 4 is 0 Å². The van der Waals surface area contributed by atoms with Crippen molar-refractivity contribution in [2.75, 3.05) is 52.9 Å². The first kappa shape index (κ1) is 38.9. The van der Waals surface area contributed by atoms with Gasteiger partial charge in [0.25, 0.3) is 0 Å². The maximum atomic E-state index is 10.2. The van der Waals surface area contributed by atoms with Gasteiger partial charge in [-0.15, -0.1) is 0 Å². The van der Waals surface area contributed by atoms with Gasteiger partial charge in [-0.05, 0) is 80.4 Å². The molecule has 0 saturated heterocycles. The quantitative estimate of drug-likeness (QED) is 0.0605. The monoisotopic (exact) mass is 692 g/mol.